The number of ether oxygens (including phenoxy) is 4. The molecule has 0 saturated carbocycles. The van der Waals surface area contributed by atoms with Crippen LogP contribution in [0, 0.1) is 0 Å². The van der Waals surface area contributed by atoms with E-state index < -0.39 is 11.9 Å². The third-order valence-electron chi connectivity index (χ3n) is 4.19. The molecule has 2 aromatic carbocycles. The highest BCUT2D eigenvalue weighted by Crippen LogP contribution is 2.38. The number of esters is 1. The number of halogens is 1. The molecule has 0 atom stereocenters. The molecule has 0 aliphatic rings. The summed E-state index contributed by atoms with van der Waals surface area (Å²) >= 11 is 6.05. The maximum absolute atomic E-state index is 12.8. The van der Waals surface area contributed by atoms with Crippen LogP contribution in [0.4, 0.5) is 0 Å². The van der Waals surface area contributed by atoms with Gasteiger partial charge in [0.25, 0.3) is 0 Å². The summed E-state index contributed by atoms with van der Waals surface area (Å²) in [6.45, 7) is 0. The molecule has 1 heterocycles. The van der Waals surface area contributed by atoms with Crippen LogP contribution in [-0.4, -0.2) is 39.4 Å². The highest BCUT2D eigenvalue weighted by Gasteiger charge is 2.19. The van der Waals surface area contributed by atoms with E-state index in [2.05, 4.69) is 10.5 Å². The highest BCUT2D eigenvalue weighted by atomic mass is 35.5. The van der Waals surface area contributed by atoms with E-state index in [9.17, 15) is 9.59 Å². The minimum atomic E-state index is -0.680. The summed E-state index contributed by atoms with van der Waals surface area (Å²) in [5.41, 5.74) is 2.84. The molecule has 1 amide bonds. The molecule has 0 bridgehead atoms. The lowest BCUT2D eigenvalue weighted by molar-refractivity contribution is 0.0733. The van der Waals surface area contributed by atoms with Crippen molar-refractivity contribution >= 4 is 29.7 Å². The number of rotatable bonds is 8. The van der Waals surface area contributed by atoms with Gasteiger partial charge in [-0.15, -0.1) is 0 Å². The van der Waals surface area contributed by atoms with E-state index >= 15 is 0 Å². The number of carbonyl (C=O) groups excluding carboxylic acids is 2. The van der Waals surface area contributed by atoms with Crippen LogP contribution < -0.4 is 24.4 Å². The van der Waals surface area contributed by atoms with Crippen molar-refractivity contribution in [2.45, 2.75) is 0 Å². The summed E-state index contributed by atoms with van der Waals surface area (Å²) in [5, 5.41) is 4.25. The molecule has 3 aromatic rings. The number of hydrogen-bond acceptors (Lipinski definition) is 8. The van der Waals surface area contributed by atoms with Crippen molar-refractivity contribution in [2.24, 2.45) is 5.10 Å². The molecule has 10 heteroatoms. The SMILES string of the molecule is COc1cc(C(=O)Oc2ccc(Cl)cc2/C=N/NC(=O)c2ccco2)cc(OC)c1OC. The Morgan fingerprint density at radius 1 is 1.00 bits per heavy atom. The van der Waals surface area contributed by atoms with E-state index in [4.69, 9.17) is 35.0 Å². The topological polar surface area (TPSA) is 109 Å². The van der Waals surface area contributed by atoms with Crippen LogP contribution in [0.2, 0.25) is 5.02 Å². The molecule has 0 aliphatic carbocycles. The van der Waals surface area contributed by atoms with Gasteiger partial charge in [0.05, 0.1) is 39.4 Å². The molecule has 1 aromatic heterocycles. The Bertz CT molecular complexity index is 1120. The molecule has 0 fully saturated rings. The van der Waals surface area contributed by atoms with Crippen molar-refractivity contribution in [1.82, 2.24) is 5.43 Å². The van der Waals surface area contributed by atoms with Crippen molar-refractivity contribution in [1.29, 1.82) is 0 Å². The van der Waals surface area contributed by atoms with Gasteiger partial charge in [0, 0.05) is 10.6 Å². The van der Waals surface area contributed by atoms with Gasteiger partial charge in [-0.2, -0.15) is 5.10 Å². The second kappa shape index (κ2) is 10.4. The lowest BCUT2D eigenvalue weighted by atomic mass is 10.1. The number of furan rings is 1. The lowest BCUT2D eigenvalue weighted by Gasteiger charge is -2.14. The molecule has 0 saturated heterocycles. The zero-order valence-electron chi connectivity index (χ0n) is 17.4. The molecule has 0 radical (unpaired) electrons. The monoisotopic (exact) mass is 458 g/mol. The van der Waals surface area contributed by atoms with Crippen molar-refractivity contribution in [3.8, 4) is 23.0 Å². The Labute approximate surface area is 188 Å². The Balaban J connectivity index is 1.82. The molecule has 166 valence electrons. The summed E-state index contributed by atoms with van der Waals surface area (Å²) in [7, 11) is 4.34. The van der Waals surface area contributed by atoms with Gasteiger partial charge in [-0.05, 0) is 42.5 Å². The molecule has 9 nitrogen and oxygen atoms in total. The maximum Gasteiger partial charge on any atom is 0.343 e. The molecule has 0 spiro atoms. The highest BCUT2D eigenvalue weighted by molar-refractivity contribution is 6.31. The number of hydrogen-bond donors (Lipinski definition) is 1. The number of nitrogens with zero attached hydrogens (tertiary/aromatic N) is 1. The summed E-state index contributed by atoms with van der Waals surface area (Å²) in [4.78, 5) is 24.7. The zero-order valence-corrected chi connectivity index (χ0v) is 18.1. The number of nitrogens with one attached hydrogen (secondary N) is 1. The minimum absolute atomic E-state index is 0.0993. The normalized spacial score (nSPS) is 10.6. The molecular weight excluding hydrogens is 440 g/mol. The fourth-order valence-corrected chi connectivity index (χ4v) is 2.87. The van der Waals surface area contributed by atoms with Gasteiger partial charge in [-0.3, -0.25) is 4.79 Å². The van der Waals surface area contributed by atoms with Crippen LogP contribution in [0.25, 0.3) is 0 Å². The first-order valence-corrected chi connectivity index (χ1v) is 9.53. The fraction of sp³-hybridized carbons (Fsp3) is 0.136. The van der Waals surface area contributed by atoms with Crippen LogP contribution in [0.1, 0.15) is 26.5 Å². The van der Waals surface area contributed by atoms with E-state index in [0.717, 1.165) is 0 Å². The first kappa shape index (κ1) is 22.7. The van der Waals surface area contributed by atoms with Gasteiger partial charge in [0.15, 0.2) is 17.3 Å². The second-order valence-electron chi connectivity index (χ2n) is 6.16. The van der Waals surface area contributed by atoms with E-state index in [1.165, 1.54) is 64.1 Å². The third-order valence-corrected chi connectivity index (χ3v) is 4.42. The van der Waals surface area contributed by atoms with Gasteiger partial charge < -0.3 is 23.4 Å². The summed E-state index contributed by atoms with van der Waals surface area (Å²) in [5.74, 6) is 0.00404. The largest absolute Gasteiger partial charge is 0.493 e. The van der Waals surface area contributed by atoms with E-state index in [1.54, 1.807) is 12.1 Å². The maximum atomic E-state index is 12.8. The van der Waals surface area contributed by atoms with Crippen LogP contribution in [0.15, 0.2) is 58.2 Å². The molecule has 3 rings (SSSR count). The van der Waals surface area contributed by atoms with Crippen LogP contribution >= 0.6 is 11.6 Å². The van der Waals surface area contributed by atoms with E-state index in [1.807, 2.05) is 0 Å². The van der Waals surface area contributed by atoms with Gasteiger partial charge >= 0.3 is 11.9 Å². The fourth-order valence-electron chi connectivity index (χ4n) is 2.69. The number of methoxy groups -OCH3 is 3. The molecule has 0 aliphatic heterocycles. The predicted octanol–water partition coefficient (Wildman–Crippen LogP) is 3.94. The van der Waals surface area contributed by atoms with Gasteiger partial charge in [0.2, 0.25) is 5.75 Å². The Morgan fingerprint density at radius 2 is 1.72 bits per heavy atom. The van der Waals surface area contributed by atoms with Gasteiger partial charge in [-0.1, -0.05) is 11.6 Å². The Hall–Kier alpha value is -3.98. The van der Waals surface area contributed by atoms with Crippen molar-refractivity contribution in [3.63, 3.8) is 0 Å². The van der Waals surface area contributed by atoms with Gasteiger partial charge in [0.1, 0.15) is 5.75 Å². The van der Waals surface area contributed by atoms with Gasteiger partial charge in [-0.25, -0.2) is 10.2 Å². The van der Waals surface area contributed by atoms with Crippen molar-refractivity contribution in [3.05, 3.63) is 70.6 Å². The Morgan fingerprint density at radius 3 is 2.31 bits per heavy atom. The molecule has 0 unspecified atom stereocenters. The number of amides is 1. The minimum Gasteiger partial charge on any atom is -0.493 e. The standard InChI is InChI=1S/C22H19ClN2O7/c1-28-18-10-13(11-19(29-2)20(18)30-3)22(27)32-16-7-6-15(23)9-14(16)12-24-25-21(26)17-5-4-8-31-17/h4-12H,1-3H3,(H,25,26)/b24-12+. The predicted molar refractivity (Wildman–Crippen MR) is 116 cm³/mol. The quantitative estimate of drug-likeness (QED) is 0.235. The average molecular weight is 459 g/mol. The van der Waals surface area contributed by atoms with Crippen LogP contribution in [-0.2, 0) is 0 Å². The first-order chi connectivity index (χ1) is 15.5. The van der Waals surface area contributed by atoms with E-state index in [-0.39, 0.29) is 17.1 Å². The number of carbonyl (C=O) groups is 2. The summed E-state index contributed by atoms with van der Waals surface area (Å²) in [6.07, 6.45) is 2.67. The summed E-state index contributed by atoms with van der Waals surface area (Å²) in [6, 6.07) is 10.6. The number of benzene rings is 2. The third kappa shape index (κ3) is 5.19. The molecular formula is C22H19ClN2O7. The Kier molecular flexibility index (Phi) is 7.35. The molecule has 32 heavy (non-hydrogen) atoms. The smallest absolute Gasteiger partial charge is 0.343 e. The summed E-state index contributed by atoms with van der Waals surface area (Å²) < 4.78 is 26.3. The van der Waals surface area contributed by atoms with Crippen LogP contribution in [0.3, 0.4) is 0 Å². The van der Waals surface area contributed by atoms with Crippen molar-refractivity contribution in [2.75, 3.05) is 21.3 Å². The first-order valence-electron chi connectivity index (χ1n) is 9.15. The number of hydrazone groups is 1. The van der Waals surface area contributed by atoms with Crippen molar-refractivity contribution < 1.29 is 33.0 Å². The van der Waals surface area contributed by atoms with E-state index in [0.29, 0.717) is 27.8 Å². The average Bonchev–Trinajstić information content (AvgIpc) is 3.34. The lowest BCUT2D eigenvalue weighted by Crippen LogP contribution is -2.17. The zero-order chi connectivity index (χ0) is 23.1. The van der Waals surface area contributed by atoms with Crippen LogP contribution in [0.5, 0.6) is 23.0 Å². The molecule has 1 N–H and O–H groups in total. The second-order valence-corrected chi connectivity index (χ2v) is 6.60.